The molecular formula is C17H24ClN5S. The number of nitrogens with zero attached hydrogens (tertiary/aromatic N) is 5. The Morgan fingerprint density at radius 3 is 2.21 bits per heavy atom. The normalized spacial score (nSPS) is 16.6. The highest BCUT2D eigenvalue weighted by Crippen LogP contribution is 2.21. The predicted molar refractivity (Wildman–Crippen MR) is 101 cm³/mol. The maximum Gasteiger partial charge on any atom is 0.199 e. The zero-order valence-electron chi connectivity index (χ0n) is 14.3. The Hall–Kier alpha value is -1.21. The largest absolute Gasteiger partial charge is 0.301 e. The molecule has 5 nitrogen and oxygen atoms in total. The van der Waals surface area contributed by atoms with E-state index in [2.05, 4.69) is 28.2 Å². The number of halogens is 1. The first-order valence-corrected chi connectivity index (χ1v) is 9.29. The molecule has 3 rings (SSSR count). The summed E-state index contributed by atoms with van der Waals surface area (Å²) < 4.78 is 4.81. The van der Waals surface area contributed by atoms with E-state index in [-0.39, 0.29) is 0 Å². The van der Waals surface area contributed by atoms with Crippen LogP contribution in [-0.4, -0.2) is 56.9 Å². The van der Waals surface area contributed by atoms with Crippen LogP contribution in [0, 0.1) is 4.77 Å². The summed E-state index contributed by atoms with van der Waals surface area (Å²) in [6, 6.07) is 7.78. The van der Waals surface area contributed by atoms with Crippen molar-refractivity contribution in [1.29, 1.82) is 0 Å². The summed E-state index contributed by atoms with van der Waals surface area (Å²) in [7, 11) is 0. The molecule has 0 spiro atoms. The van der Waals surface area contributed by atoms with Crippen LogP contribution in [0.5, 0.6) is 0 Å². The first-order valence-electron chi connectivity index (χ1n) is 8.50. The van der Waals surface area contributed by atoms with Crippen LogP contribution >= 0.6 is 23.8 Å². The van der Waals surface area contributed by atoms with Crippen LogP contribution in [0.15, 0.2) is 24.3 Å². The number of benzene rings is 1. The molecule has 24 heavy (non-hydrogen) atoms. The second kappa shape index (κ2) is 7.78. The topological polar surface area (TPSA) is 29.2 Å². The summed E-state index contributed by atoms with van der Waals surface area (Å²) in [6.07, 6.45) is 0. The van der Waals surface area contributed by atoms with Crippen molar-refractivity contribution in [1.82, 2.24) is 24.1 Å². The fraction of sp³-hybridized carbons (Fsp3) is 0.529. The number of rotatable bonds is 5. The van der Waals surface area contributed by atoms with E-state index in [0.29, 0.717) is 0 Å². The average Bonchev–Trinajstić information content (AvgIpc) is 2.92. The molecule has 0 N–H and O–H groups in total. The van der Waals surface area contributed by atoms with Crippen LogP contribution in [-0.2, 0) is 13.2 Å². The Morgan fingerprint density at radius 2 is 1.62 bits per heavy atom. The van der Waals surface area contributed by atoms with Gasteiger partial charge in [0.05, 0.1) is 6.67 Å². The number of piperazine rings is 1. The summed E-state index contributed by atoms with van der Waals surface area (Å²) in [6.45, 7) is 11.3. The molecule has 1 aromatic heterocycles. The summed E-state index contributed by atoms with van der Waals surface area (Å²) in [5.41, 5.74) is 1.04. The molecule has 0 aliphatic carbocycles. The van der Waals surface area contributed by atoms with Gasteiger partial charge in [0.1, 0.15) is 0 Å². The zero-order chi connectivity index (χ0) is 17.1. The van der Waals surface area contributed by atoms with Crippen molar-refractivity contribution in [3.8, 4) is 11.4 Å². The molecule has 1 aliphatic heterocycles. The van der Waals surface area contributed by atoms with E-state index < -0.39 is 0 Å². The van der Waals surface area contributed by atoms with E-state index in [0.717, 1.165) is 67.1 Å². The Bertz CT molecular complexity index is 728. The van der Waals surface area contributed by atoms with Gasteiger partial charge in [0.2, 0.25) is 0 Å². The van der Waals surface area contributed by atoms with Gasteiger partial charge < -0.3 is 9.47 Å². The lowest BCUT2D eigenvalue weighted by Crippen LogP contribution is -2.46. The maximum absolute atomic E-state index is 6.00. The monoisotopic (exact) mass is 365 g/mol. The molecule has 7 heteroatoms. The minimum atomic E-state index is 0.730. The molecule has 130 valence electrons. The molecule has 0 atom stereocenters. The van der Waals surface area contributed by atoms with Crippen LogP contribution in [0.4, 0.5) is 0 Å². The van der Waals surface area contributed by atoms with Crippen molar-refractivity contribution in [2.75, 3.05) is 32.7 Å². The van der Waals surface area contributed by atoms with Crippen LogP contribution < -0.4 is 0 Å². The lowest BCUT2D eigenvalue weighted by atomic mass is 10.2. The van der Waals surface area contributed by atoms with E-state index in [1.165, 1.54) is 0 Å². The Kier molecular flexibility index (Phi) is 5.71. The van der Waals surface area contributed by atoms with E-state index in [4.69, 9.17) is 28.9 Å². The summed E-state index contributed by atoms with van der Waals surface area (Å²) in [4.78, 5) is 4.89. The van der Waals surface area contributed by atoms with Crippen molar-refractivity contribution >= 4 is 23.8 Å². The third kappa shape index (κ3) is 3.72. The lowest BCUT2D eigenvalue weighted by molar-refractivity contribution is 0.106. The summed E-state index contributed by atoms with van der Waals surface area (Å²) >= 11 is 11.7. The first kappa shape index (κ1) is 17.6. The predicted octanol–water partition coefficient (Wildman–Crippen LogP) is 3.35. The highest BCUT2D eigenvalue weighted by atomic mass is 35.5. The summed E-state index contributed by atoms with van der Waals surface area (Å²) in [5.74, 6) is 0.909. The minimum Gasteiger partial charge on any atom is -0.301 e. The van der Waals surface area contributed by atoms with Crippen LogP contribution in [0.1, 0.15) is 13.8 Å². The molecule has 0 unspecified atom stereocenters. The Morgan fingerprint density at radius 1 is 1.00 bits per heavy atom. The molecule has 1 saturated heterocycles. The van der Waals surface area contributed by atoms with Crippen molar-refractivity contribution < 1.29 is 0 Å². The van der Waals surface area contributed by atoms with Gasteiger partial charge in [0.15, 0.2) is 10.6 Å². The van der Waals surface area contributed by atoms with E-state index in [1.54, 1.807) is 0 Å². The molecule has 0 saturated carbocycles. The standard InChI is InChI=1S/C17H24ClN5S/c1-3-20-9-11-21(12-10-20)13-23-17(24)22(4-2)16(19-23)14-5-7-15(18)8-6-14/h5-8H,3-4,9-13H2,1-2H3. The van der Waals surface area contributed by atoms with Crippen molar-refractivity contribution in [2.45, 2.75) is 27.1 Å². The van der Waals surface area contributed by atoms with Crippen LogP contribution in [0.25, 0.3) is 11.4 Å². The van der Waals surface area contributed by atoms with Gasteiger partial charge in [-0.05, 0) is 50.0 Å². The third-order valence-corrected chi connectivity index (χ3v) is 5.27. The third-order valence-electron chi connectivity index (χ3n) is 4.59. The highest BCUT2D eigenvalue weighted by Gasteiger charge is 2.18. The van der Waals surface area contributed by atoms with Crippen LogP contribution in [0.2, 0.25) is 5.02 Å². The Balaban J connectivity index is 1.82. The molecule has 0 radical (unpaired) electrons. The number of hydrogen-bond acceptors (Lipinski definition) is 4. The summed E-state index contributed by atoms with van der Waals surface area (Å²) in [5, 5.41) is 5.52. The molecular weight excluding hydrogens is 342 g/mol. The first-order chi connectivity index (χ1) is 11.6. The van der Waals surface area contributed by atoms with Crippen LogP contribution in [0.3, 0.4) is 0 Å². The quantitative estimate of drug-likeness (QED) is 0.760. The lowest BCUT2D eigenvalue weighted by Gasteiger charge is -2.33. The van der Waals surface area contributed by atoms with Gasteiger partial charge in [0.25, 0.3) is 0 Å². The molecule has 2 aromatic rings. The van der Waals surface area contributed by atoms with E-state index >= 15 is 0 Å². The SMILES string of the molecule is CCN1CCN(Cn2nc(-c3ccc(Cl)cc3)n(CC)c2=S)CC1. The van der Waals surface area contributed by atoms with Gasteiger partial charge in [-0.3, -0.25) is 4.90 Å². The smallest absolute Gasteiger partial charge is 0.199 e. The molecule has 1 aromatic carbocycles. The van der Waals surface area contributed by atoms with Gasteiger partial charge in [0, 0.05) is 43.3 Å². The van der Waals surface area contributed by atoms with Gasteiger partial charge >= 0.3 is 0 Å². The fourth-order valence-corrected chi connectivity index (χ4v) is 3.51. The van der Waals surface area contributed by atoms with Gasteiger partial charge in [-0.2, -0.15) is 5.10 Å². The minimum absolute atomic E-state index is 0.730. The van der Waals surface area contributed by atoms with Crippen molar-refractivity contribution in [3.05, 3.63) is 34.1 Å². The molecule has 0 amide bonds. The van der Waals surface area contributed by atoms with Gasteiger partial charge in [-0.25, -0.2) is 4.68 Å². The van der Waals surface area contributed by atoms with E-state index in [9.17, 15) is 0 Å². The molecule has 1 aliphatic rings. The van der Waals surface area contributed by atoms with Gasteiger partial charge in [-0.1, -0.05) is 18.5 Å². The highest BCUT2D eigenvalue weighted by molar-refractivity contribution is 7.71. The molecule has 0 bridgehead atoms. The second-order valence-corrected chi connectivity index (χ2v) is 6.85. The van der Waals surface area contributed by atoms with E-state index in [1.807, 2.05) is 28.9 Å². The van der Waals surface area contributed by atoms with Crippen molar-refractivity contribution in [2.24, 2.45) is 0 Å². The second-order valence-electron chi connectivity index (χ2n) is 6.05. The average molecular weight is 366 g/mol. The fourth-order valence-electron chi connectivity index (χ4n) is 3.07. The molecule has 1 fully saturated rings. The maximum atomic E-state index is 6.00. The number of aromatic nitrogens is 3. The van der Waals surface area contributed by atoms with Gasteiger partial charge in [-0.15, -0.1) is 0 Å². The number of hydrogen-bond donors (Lipinski definition) is 0. The van der Waals surface area contributed by atoms with Crippen molar-refractivity contribution in [3.63, 3.8) is 0 Å². The Labute approximate surface area is 153 Å². The zero-order valence-corrected chi connectivity index (χ0v) is 15.9. The number of likely N-dealkylation sites (N-methyl/N-ethyl adjacent to an activating group) is 1. The molecule has 2 heterocycles.